The number of phenolic OH excluding ortho intramolecular Hbond substituents is 1. The van der Waals surface area contributed by atoms with Crippen LogP contribution in [0.1, 0.15) is 26.3 Å². The second kappa shape index (κ2) is 10.0. The molecular weight excluding hydrogens is 516 g/mol. The lowest BCUT2D eigenvalue weighted by Crippen LogP contribution is -2.11. The van der Waals surface area contributed by atoms with Crippen molar-refractivity contribution in [3.8, 4) is 50.6 Å². The van der Waals surface area contributed by atoms with Gasteiger partial charge in [0.1, 0.15) is 11.3 Å². The molecule has 7 rings (SSSR count). The van der Waals surface area contributed by atoms with E-state index in [1.807, 2.05) is 42.6 Å². The predicted molar refractivity (Wildman–Crippen MR) is 171 cm³/mol. The van der Waals surface area contributed by atoms with E-state index < -0.39 is 0 Å². The Morgan fingerprint density at radius 3 is 2.12 bits per heavy atom. The van der Waals surface area contributed by atoms with Crippen molar-refractivity contribution in [3.05, 3.63) is 127 Å². The molecule has 0 saturated carbocycles. The van der Waals surface area contributed by atoms with Gasteiger partial charge in [-0.25, -0.2) is 4.98 Å². The van der Waals surface area contributed by atoms with Crippen molar-refractivity contribution in [2.45, 2.75) is 26.2 Å². The van der Waals surface area contributed by atoms with Gasteiger partial charge in [0.2, 0.25) is 5.89 Å². The summed E-state index contributed by atoms with van der Waals surface area (Å²) in [5, 5.41) is 11.5. The molecule has 0 aliphatic carbocycles. The van der Waals surface area contributed by atoms with E-state index in [4.69, 9.17) is 14.4 Å². The van der Waals surface area contributed by atoms with Crippen molar-refractivity contribution in [1.82, 2.24) is 9.97 Å². The van der Waals surface area contributed by atoms with Crippen LogP contribution in [0.5, 0.6) is 5.75 Å². The number of pyridine rings is 1. The van der Waals surface area contributed by atoms with E-state index in [9.17, 15) is 5.11 Å². The molecule has 42 heavy (non-hydrogen) atoms. The van der Waals surface area contributed by atoms with Crippen molar-refractivity contribution in [2.75, 3.05) is 0 Å². The molecule has 0 spiro atoms. The number of phenols is 1. The highest BCUT2D eigenvalue weighted by molar-refractivity contribution is 5.99. The number of fused-ring (bicyclic) bond motifs is 2. The van der Waals surface area contributed by atoms with Crippen LogP contribution >= 0.6 is 0 Å². The molecule has 0 bridgehead atoms. The van der Waals surface area contributed by atoms with Crippen LogP contribution in [0, 0.1) is 0 Å². The largest absolute Gasteiger partial charge is 0.507 e. The number of rotatable bonds is 4. The van der Waals surface area contributed by atoms with E-state index in [0.717, 1.165) is 44.2 Å². The van der Waals surface area contributed by atoms with Crippen molar-refractivity contribution in [3.63, 3.8) is 0 Å². The number of para-hydroxylation sites is 2. The number of benzene rings is 5. The first-order chi connectivity index (χ1) is 20.3. The summed E-state index contributed by atoms with van der Waals surface area (Å²) in [6.45, 7) is 6.71. The fourth-order valence-electron chi connectivity index (χ4n) is 5.53. The van der Waals surface area contributed by atoms with Gasteiger partial charge in [-0.2, -0.15) is 0 Å². The topological polar surface area (TPSA) is 59.2 Å². The summed E-state index contributed by atoms with van der Waals surface area (Å²) in [6, 6.07) is 39.0. The smallest absolute Gasteiger partial charge is 0.231 e. The van der Waals surface area contributed by atoms with Crippen LogP contribution in [0.4, 0.5) is 0 Å². The molecule has 0 aliphatic rings. The number of oxazole rings is 1. The molecule has 2 aromatic heterocycles. The van der Waals surface area contributed by atoms with Crippen LogP contribution in [0.2, 0.25) is 0 Å². The Morgan fingerprint density at radius 1 is 0.595 bits per heavy atom. The van der Waals surface area contributed by atoms with Crippen LogP contribution < -0.4 is 0 Å². The summed E-state index contributed by atoms with van der Waals surface area (Å²) in [6.07, 6.45) is 1.86. The van der Waals surface area contributed by atoms with Crippen molar-refractivity contribution >= 4 is 22.0 Å². The first-order valence-electron chi connectivity index (χ1n) is 14.1. The van der Waals surface area contributed by atoms with E-state index in [1.165, 1.54) is 11.1 Å². The molecule has 5 aromatic carbocycles. The van der Waals surface area contributed by atoms with Gasteiger partial charge in [0.05, 0.1) is 11.1 Å². The fourth-order valence-corrected chi connectivity index (χ4v) is 5.53. The second-order valence-electron chi connectivity index (χ2n) is 11.7. The van der Waals surface area contributed by atoms with Gasteiger partial charge in [-0.05, 0) is 75.7 Å². The van der Waals surface area contributed by atoms with Crippen molar-refractivity contribution in [2.24, 2.45) is 0 Å². The van der Waals surface area contributed by atoms with Crippen LogP contribution in [-0.4, -0.2) is 15.1 Å². The maximum absolute atomic E-state index is 10.4. The highest BCUT2D eigenvalue weighted by atomic mass is 16.3. The Balaban J connectivity index is 1.47. The Labute approximate surface area is 245 Å². The molecule has 0 unspecified atom stereocenters. The number of aromatic hydroxyl groups is 1. The molecule has 4 heteroatoms. The number of hydrogen-bond acceptors (Lipinski definition) is 4. The van der Waals surface area contributed by atoms with Crippen molar-refractivity contribution in [1.29, 1.82) is 0 Å². The second-order valence-corrected chi connectivity index (χ2v) is 11.7. The maximum Gasteiger partial charge on any atom is 0.231 e. The molecular formula is C38H30N2O2. The van der Waals surface area contributed by atoms with E-state index in [2.05, 4.69) is 87.5 Å². The summed E-state index contributed by atoms with van der Waals surface area (Å²) < 4.78 is 6.15. The summed E-state index contributed by atoms with van der Waals surface area (Å²) >= 11 is 0. The number of hydrogen-bond donors (Lipinski definition) is 1. The third-order valence-electron chi connectivity index (χ3n) is 7.79. The minimum atomic E-state index is -0.0935. The van der Waals surface area contributed by atoms with Gasteiger partial charge in [0.15, 0.2) is 5.58 Å². The lowest BCUT2D eigenvalue weighted by Gasteiger charge is -2.22. The molecule has 0 aliphatic heterocycles. The summed E-state index contributed by atoms with van der Waals surface area (Å²) in [7, 11) is 0. The summed E-state index contributed by atoms with van der Waals surface area (Å²) in [5.41, 5.74) is 10.6. The van der Waals surface area contributed by atoms with E-state index in [0.29, 0.717) is 17.0 Å². The Hall–Kier alpha value is -5.22. The summed E-state index contributed by atoms with van der Waals surface area (Å²) in [4.78, 5) is 9.71. The standard InChI is InChI=1S/C38H30N2O2/c1-38(2,3)29-21-27(30-15-9-17-34-36(30)40-37(42-34)31-14-7-8-16-33(31)41)20-28(22-29)32-23-26(24-11-5-4-6-12-24)19-25-13-10-18-39-35(25)32/h4-23,41H,1-3H3. The average Bonchev–Trinajstić information content (AvgIpc) is 3.45. The highest BCUT2D eigenvalue weighted by Gasteiger charge is 2.21. The molecule has 204 valence electrons. The van der Waals surface area contributed by atoms with E-state index in [-0.39, 0.29) is 11.2 Å². The molecule has 0 saturated heterocycles. The van der Waals surface area contributed by atoms with Gasteiger partial charge < -0.3 is 9.52 Å². The lowest BCUT2D eigenvalue weighted by molar-refractivity contribution is 0.474. The lowest BCUT2D eigenvalue weighted by atomic mass is 9.82. The van der Waals surface area contributed by atoms with Gasteiger partial charge in [-0.3, -0.25) is 4.98 Å². The highest BCUT2D eigenvalue weighted by Crippen LogP contribution is 2.40. The molecule has 0 amide bonds. The molecule has 7 aromatic rings. The molecule has 0 atom stereocenters. The third-order valence-corrected chi connectivity index (χ3v) is 7.79. The quantitative estimate of drug-likeness (QED) is 0.239. The minimum Gasteiger partial charge on any atom is -0.507 e. The zero-order valence-corrected chi connectivity index (χ0v) is 23.8. The molecule has 1 N–H and O–H groups in total. The van der Waals surface area contributed by atoms with Crippen LogP contribution in [0.15, 0.2) is 126 Å². The van der Waals surface area contributed by atoms with Gasteiger partial charge in [-0.1, -0.05) is 93.6 Å². The van der Waals surface area contributed by atoms with E-state index >= 15 is 0 Å². The Kier molecular flexibility index (Phi) is 6.13. The normalized spacial score (nSPS) is 11.8. The molecule has 0 fully saturated rings. The molecule has 0 radical (unpaired) electrons. The number of nitrogens with zero attached hydrogens (tertiary/aromatic N) is 2. The Bertz CT molecular complexity index is 2090. The van der Waals surface area contributed by atoms with Crippen molar-refractivity contribution < 1.29 is 9.52 Å². The number of aromatic nitrogens is 2. The Morgan fingerprint density at radius 2 is 1.33 bits per heavy atom. The molecule has 4 nitrogen and oxygen atoms in total. The first kappa shape index (κ1) is 25.7. The van der Waals surface area contributed by atoms with Crippen LogP contribution in [0.3, 0.4) is 0 Å². The minimum absolute atomic E-state index is 0.0935. The van der Waals surface area contributed by atoms with Gasteiger partial charge in [-0.15, -0.1) is 0 Å². The predicted octanol–water partition coefficient (Wildman–Crippen LogP) is 10.0. The monoisotopic (exact) mass is 546 g/mol. The fraction of sp³-hybridized carbons (Fsp3) is 0.105. The molecule has 2 heterocycles. The third kappa shape index (κ3) is 4.61. The SMILES string of the molecule is CC(C)(C)c1cc(-c2cc(-c3ccccc3)cc3cccnc23)cc(-c2cccc3oc(-c4ccccc4O)nc23)c1. The van der Waals surface area contributed by atoms with Crippen LogP contribution in [-0.2, 0) is 5.41 Å². The zero-order chi connectivity index (χ0) is 28.8. The zero-order valence-electron chi connectivity index (χ0n) is 23.8. The van der Waals surface area contributed by atoms with Gasteiger partial charge in [0, 0.05) is 22.7 Å². The average molecular weight is 547 g/mol. The van der Waals surface area contributed by atoms with E-state index in [1.54, 1.807) is 12.1 Å². The maximum atomic E-state index is 10.4. The van der Waals surface area contributed by atoms with Crippen LogP contribution in [0.25, 0.3) is 66.8 Å². The summed E-state index contributed by atoms with van der Waals surface area (Å²) in [5.74, 6) is 0.536. The van der Waals surface area contributed by atoms with Gasteiger partial charge >= 0.3 is 0 Å². The van der Waals surface area contributed by atoms with Gasteiger partial charge in [0.25, 0.3) is 0 Å². The first-order valence-corrected chi connectivity index (χ1v) is 14.1.